The Morgan fingerprint density at radius 2 is 1.80 bits per heavy atom. The number of ketones is 1. The van der Waals surface area contributed by atoms with Gasteiger partial charge in [0.1, 0.15) is 12.4 Å². The van der Waals surface area contributed by atoms with Crippen LogP contribution in [0.5, 0.6) is 5.75 Å². The topological polar surface area (TPSA) is 46.6 Å². The molecule has 1 aliphatic rings. The number of halogens is 3. The van der Waals surface area contributed by atoms with E-state index in [1.54, 1.807) is 18.2 Å². The lowest BCUT2D eigenvalue weighted by Crippen LogP contribution is -2.41. The van der Waals surface area contributed by atoms with Crippen LogP contribution in [0, 0.1) is 0 Å². The molecular weight excluding hydrogens is 395 g/mol. The minimum atomic E-state index is -4.98. The first kappa shape index (κ1) is 21.4. The maximum absolute atomic E-state index is 13.1. The van der Waals surface area contributed by atoms with Crippen molar-refractivity contribution in [2.24, 2.45) is 0 Å². The zero-order valence-electron chi connectivity index (χ0n) is 16.1. The van der Waals surface area contributed by atoms with Crippen LogP contribution in [0.4, 0.5) is 13.2 Å². The first-order chi connectivity index (χ1) is 14.3. The Morgan fingerprint density at radius 1 is 1.03 bits per heavy atom. The van der Waals surface area contributed by atoms with Crippen molar-refractivity contribution in [3.8, 4) is 5.75 Å². The summed E-state index contributed by atoms with van der Waals surface area (Å²) in [6.07, 6.45) is 0.798. The third kappa shape index (κ3) is 5.83. The SMILES string of the molecule is O=C1C=CCCN(C(=O)C(F)(F)F)Cc2cc(OCc3ccccc3)ccc2/C=C\1. The Bertz CT molecular complexity index is 965. The van der Waals surface area contributed by atoms with Gasteiger partial charge in [-0.3, -0.25) is 9.59 Å². The second-order valence-corrected chi connectivity index (χ2v) is 6.79. The number of amides is 1. The van der Waals surface area contributed by atoms with Crippen LogP contribution in [-0.2, 0) is 22.7 Å². The van der Waals surface area contributed by atoms with E-state index in [0.29, 0.717) is 23.5 Å². The van der Waals surface area contributed by atoms with E-state index in [0.717, 1.165) is 10.5 Å². The van der Waals surface area contributed by atoms with Crippen LogP contribution in [0.1, 0.15) is 23.1 Å². The number of hydrogen-bond acceptors (Lipinski definition) is 3. The van der Waals surface area contributed by atoms with Crippen molar-refractivity contribution in [2.45, 2.75) is 25.7 Å². The van der Waals surface area contributed by atoms with Gasteiger partial charge in [-0.15, -0.1) is 0 Å². The molecule has 0 saturated heterocycles. The van der Waals surface area contributed by atoms with Crippen LogP contribution in [-0.4, -0.2) is 29.3 Å². The molecule has 0 spiro atoms. The Hall–Kier alpha value is -3.35. The highest BCUT2D eigenvalue weighted by atomic mass is 19.4. The van der Waals surface area contributed by atoms with Crippen molar-refractivity contribution in [1.29, 1.82) is 0 Å². The van der Waals surface area contributed by atoms with Gasteiger partial charge in [-0.05, 0) is 47.4 Å². The van der Waals surface area contributed by atoms with Gasteiger partial charge in [0, 0.05) is 13.1 Å². The van der Waals surface area contributed by atoms with E-state index >= 15 is 0 Å². The molecule has 1 heterocycles. The number of nitrogens with zero attached hydrogens (tertiary/aromatic N) is 1. The summed E-state index contributed by atoms with van der Waals surface area (Å²) < 4.78 is 44.9. The minimum Gasteiger partial charge on any atom is -0.489 e. The van der Waals surface area contributed by atoms with Gasteiger partial charge in [0.2, 0.25) is 0 Å². The summed E-state index contributed by atoms with van der Waals surface area (Å²) in [5.74, 6) is -1.72. The highest BCUT2D eigenvalue weighted by Crippen LogP contribution is 2.25. The number of allylic oxidation sites excluding steroid dienone is 2. The van der Waals surface area contributed by atoms with Crippen molar-refractivity contribution in [3.63, 3.8) is 0 Å². The zero-order valence-corrected chi connectivity index (χ0v) is 16.1. The fourth-order valence-electron chi connectivity index (χ4n) is 3.01. The molecule has 2 aromatic rings. The molecule has 2 aromatic carbocycles. The van der Waals surface area contributed by atoms with Crippen LogP contribution in [0.15, 0.2) is 66.8 Å². The van der Waals surface area contributed by atoms with E-state index in [9.17, 15) is 22.8 Å². The summed E-state index contributed by atoms with van der Waals surface area (Å²) in [4.78, 5) is 24.5. The van der Waals surface area contributed by atoms with Crippen LogP contribution in [0.3, 0.4) is 0 Å². The summed E-state index contributed by atoms with van der Waals surface area (Å²) in [7, 11) is 0. The average Bonchev–Trinajstić information content (AvgIpc) is 2.76. The van der Waals surface area contributed by atoms with Crippen LogP contribution in [0.25, 0.3) is 6.08 Å². The number of fused-ring (bicyclic) bond motifs is 1. The number of carbonyl (C=O) groups excluding carboxylic acids is 2. The smallest absolute Gasteiger partial charge is 0.471 e. The quantitative estimate of drug-likeness (QED) is 0.730. The number of hydrogen-bond donors (Lipinski definition) is 0. The normalized spacial score (nSPS) is 15.8. The predicted octanol–water partition coefficient (Wildman–Crippen LogP) is 4.70. The molecule has 0 N–H and O–H groups in total. The standard InChI is InChI=1S/C23H20F3NO3/c24-23(25,26)22(29)27-13-5-4-8-20(28)11-9-18-10-12-21(14-19(18)15-27)30-16-17-6-2-1-3-7-17/h1-4,6-12,14H,5,13,15-16H2/b8-4?,11-9-. The molecule has 156 valence electrons. The van der Waals surface area contributed by atoms with Crippen LogP contribution in [0.2, 0.25) is 0 Å². The second kappa shape index (κ2) is 9.43. The fourth-order valence-corrected chi connectivity index (χ4v) is 3.01. The van der Waals surface area contributed by atoms with Crippen molar-refractivity contribution in [1.82, 2.24) is 4.90 Å². The number of carbonyl (C=O) groups is 2. The highest BCUT2D eigenvalue weighted by molar-refractivity contribution is 6.02. The summed E-state index contributed by atoms with van der Waals surface area (Å²) >= 11 is 0. The van der Waals surface area contributed by atoms with Gasteiger partial charge in [0.25, 0.3) is 0 Å². The Balaban J connectivity index is 1.90. The summed E-state index contributed by atoms with van der Waals surface area (Å²) in [6.45, 7) is -0.109. The van der Waals surface area contributed by atoms with Crippen molar-refractivity contribution >= 4 is 17.8 Å². The van der Waals surface area contributed by atoms with Crippen LogP contribution >= 0.6 is 0 Å². The lowest BCUT2D eigenvalue weighted by molar-refractivity contribution is -0.186. The van der Waals surface area contributed by atoms with Gasteiger partial charge in [0.15, 0.2) is 5.78 Å². The molecule has 30 heavy (non-hydrogen) atoms. The Morgan fingerprint density at radius 3 is 2.53 bits per heavy atom. The number of ether oxygens (including phenoxy) is 1. The Labute approximate surface area is 172 Å². The highest BCUT2D eigenvalue weighted by Gasteiger charge is 2.42. The van der Waals surface area contributed by atoms with Gasteiger partial charge in [0.05, 0.1) is 0 Å². The third-order valence-corrected chi connectivity index (χ3v) is 4.53. The lowest BCUT2D eigenvalue weighted by Gasteiger charge is -2.24. The fraction of sp³-hybridized carbons (Fsp3) is 0.217. The van der Waals surface area contributed by atoms with E-state index in [1.807, 2.05) is 30.3 Å². The number of benzene rings is 2. The molecular formula is C23H20F3NO3. The first-order valence-electron chi connectivity index (χ1n) is 9.37. The molecule has 0 radical (unpaired) electrons. The average molecular weight is 415 g/mol. The summed E-state index contributed by atoms with van der Waals surface area (Å²) in [5, 5.41) is 0. The second-order valence-electron chi connectivity index (χ2n) is 6.79. The molecule has 0 unspecified atom stereocenters. The van der Waals surface area contributed by atoms with Gasteiger partial charge in [-0.1, -0.05) is 48.6 Å². The molecule has 4 nitrogen and oxygen atoms in total. The molecule has 0 bridgehead atoms. The Kier molecular flexibility index (Phi) is 6.72. The summed E-state index contributed by atoms with van der Waals surface area (Å²) in [6, 6.07) is 14.4. The summed E-state index contributed by atoms with van der Waals surface area (Å²) in [5.41, 5.74) is 1.95. The van der Waals surface area contributed by atoms with Crippen molar-refractivity contribution < 1.29 is 27.5 Å². The minimum absolute atomic E-state index is 0.140. The largest absolute Gasteiger partial charge is 0.489 e. The van der Waals surface area contributed by atoms with Crippen molar-refractivity contribution in [2.75, 3.05) is 6.54 Å². The molecule has 0 aliphatic carbocycles. The molecule has 0 aromatic heterocycles. The molecule has 3 rings (SSSR count). The first-order valence-corrected chi connectivity index (χ1v) is 9.37. The molecule has 1 amide bonds. The predicted molar refractivity (Wildman–Crippen MR) is 106 cm³/mol. The number of alkyl halides is 3. The van der Waals surface area contributed by atoms with E-state index in [2.05, 4.69) is 0 Å². The van der Waals surface area contributed by atoms with E-state index in [-0.39, 0.29) is 25.3 Å². The van der Waals surface area contributed by atoms with Crippen molar-refractivity contribution in [3.05, 3.63) is 83.4 Å². The van der Waals surface area contributed by atoms with Gasteiger partial charge in [-0.2, -0.15) is 13.2 Å². The molecule has 7 heteroatoms. The van der Waals surface area contributed by atoms with Gasteiger partial charge in [-0.25, -0.2) is 0 Å². The molecule has 1 aliphatic heterocycles. The molecule has 0 atom stereocenters. The van der Waals surface area contributed by atoms with Gasteiger partial charge < -0.3 is 9.64 Å². The number of rotatable bonds is 3. The van der Waals surface area contributed by atoms with E-state index < -0.39 is 12.1 Å². The zero-order chi connectivity index (χ0) is 21.6. The van der Waals surface area contributed by atoms with E-state index in [1.165, 1.54) is 24.3 Å². The molecule has 0 saturated carbocycles. The lowest BCUT2D eigenvalue weighted by atomic mass is 10.0. The molecule has 0 fully saturated rings. The van der Waals surface area contributed by atoms with Crippen LogP contribution < -0.4 is 4.74 Å². The maximum Gasteiger partial charge on any atom is 0.471 e. The van der Waals surface area contributed by atoms with Gasteiger partial charge >= 0.3 is 12.1 Å². The maximum atomic E-state index is 13.1. The monoisotopic (exact) mass is 415 g/mol. The third-order valence-electron chi connectivity index (χ3n) is 4.53. The van der Waals surface area contributed by atoms with E-state index in [4.69, 9.17) is 4.74 Å².